The predicted octanol–water partition coefficient (Wildman–Crippen LogP) is 20.6. The molecule has 8 nitrogen and oxygen atoms in total. The lowest BCUT2D eigenvalue weighted by molar-refractivity contribution is -0.870. The number of phosphoric ester groups is 1. The first kappa shape index (κ1) is 77.9. The molecule has 0 bridgehead atoms. The van der Waals surface area contributed by atoms with Gasteiger partial charge in [0.25, 0.3) is 7.82 Å². The third kappa shape index (κ3) is 64.3. The van der Waals surface area contributed by atoms with Gasteiger partial charge in [0.1, 0.15) is 13.2 Å². The number of quaternary nitrogens is 1. The summed E-state index contributed by atoms with van der Waals surface area (Å²) < 4.78 is 23.4. The van der Waals surface area contributed by atoms with Gasteiger partial charge >= 0.3 is 0 Å². The van der Waals surface area contributed by atoms with Crippen LogP contribution in [-0.4, -0.2) is 68.5 Å². The molecule has 3 atom stereocenters. The Balaban J connectivity index is 4.08. The van der Waals surface area contributed by atoms with E-state index < -0.39 is 26.6 Å². The van der Waals surface area contributed by atoms with Crippen LogP contribution in [0.15, 0.2) is 122 Å². The van der Waals surface area contributed by atoms with Gasteiger partial charge in [0, 0.05) is 6.42 Å². The summed E-state index contributed by atoms with van der Waals surface area (Å²) in [4.78, 5) is 25.6. The monoisotopic (exact) mass is 1150 g/mol. The lowest BCUT2D eigenvalue weighted by Crippen LogP contribution is -2.45. The van der Waals surface area contributed by atoms with Crippen LogP contribution in [0.25, 0.3) is 0 Å². The summed E-state index contributed by atoms with van der Waals surface area (Å²) in [5, 5.41) is 13.9. The Morgan fingerprint density at radius 2 is 0.765 bits per heavy atom. The summed E-state index contributed by atoms with van der Waals surface area (Å²) in [5.74, 6) is -0.212. The fourth-order valence-electron chi connectivity index (χ4n) is 9.23. The second-order valence-corrected chi connectivity index (χ2v) is 24.8. The maximum atomic E-state index is 13.0. The summed E-state index contributed by atoms with van der Waals surface area (Å²) in [5.41, 5.74) is 0. The van der Waals surface area contributed by atoms with E-state index in [1.807, 2.05) is 27.2 Å². The molecule has 0 spiro atoms. The molecule has 0 aliphatic rings. The van der Waals surface area contributed by atoms with Crippen molar-refractivity contribution in [2.24, 2.45) is 0 Å². The van der Waals surface area contributed by atoms with Gasteiger partial charge in [-0.15, -0.1) is 0 Å². The number of amides is 1. The first-order chi connectivity index (χ1) is 39.5. The van der Waals surface area contributed by atoms with Crippen LogP contribution in [0.2, 0.25) is 0 Å². The van der Waals surface area contributed by atoms with E-state index in [0.717, 1.165) is 89.9 Å². The Morgan fingerprint density at radius 3 is 1.15 bits per heavy atom. The van der Waals surface area contributed by atoms with Crippen LogP contribution in [0, 0.1) is 0 Å². The molecule has 0 aromatic heterocycles. The number of allylic oxidation sites excluding steroid dienone is 19. The number of rotatable bonds is 60. The molecule has 0 aromatic rings. The third-order valence-electron chi connectivity index (χ3n) is 14.4. The minimum absolute atomic E-state index is 0.0126. The van der Waals surface area contributed by atoms with Crippen molar-refractivity contribution in [1.29, 1.82) is 0 Å². The molecule has 2 N–H and O–H groups in total. The topological polar surface area (TPSA) is 108 Å². The fourth-order valence-corrected chi connectivity index (χ4v) is 9.95. The van der Waals surface area contributed by atoms with Gasteiger partial charge in [-0.1, -0.05) is 289 Å². The van der Waals surface area contributed by atoms with Gasteiger partial charge < -0.3 is 28.8 Å². The lowest BCUT2D eigenvalue weighted by Gasteiger charge is -2.29. The second kappa shape index (κ2) is 61.5. The van der Waals surface area contributed by atoms with Gasteiger partial charge in [-0.3, -0.25) is 9.36 Å². The highest BCUT2D eigenvalue weighted by Crippen LogP contribution is 2.38. The molecular formula is C72H127N2O6P. The molecular weight excluding hydrogens is 1020 g/mol. The van der Waals surface area contributed by atoms with Crippen LogP contribution < -0.4 is 10.2 Å². The van der Waals surface area contributed by atoms with Gasteiger partial charge in [-0.25, -0.2) is 0 Å². The van der Waals surface area contributed by atoms with E-state index in [9.17, 15) is 19.4 Å². The molecule has 81 heavy (non-hydrogen) atoms. The van der Waals surface area contributed by atoms with Gasteiger partial charge in [0.05, 0.1) is 39.9 Å². The van der Waals surface area contributed by atoms with E-state index in [2.05, 4.69) is 129 Å². The molecule has 0 aliphatic carbocycles. The average molecular weight is 1150 g/mol. The van der Waals surface area contributed by atoms with Crippen molar-refractivity contribution in [2.75, 3.05) is 40.9 Å². The number of hydrogen-bond acceptors (Lipinski definition) is 6. The summed E-state index contributed by atoms with van der Waals surface area (Å²) in [6, 6.07) is -0.916. The maximum absolute atomic E-state index is 13.0. The lowest BCUT2D eigenvalue weighted by atomic mass is 10.0. The number of hydrogen-bond donors (Lipinski definition) is 2. The molecule has 0 radical (unpaired) electrons. The van der Waals surface area contributed by atoms with Gasteiger partial charge in [-0.2, -0.15) is 0 Å². The molecule has 0 fully saturated rings. The Bertz CT molecular complexity index is 1730. The largest absolute Gasteiger partial charge is 0.756 e. The highest BCUT2D eigenvalue weighted by molar-refractivity contribution is 7.45. The zero-order valence-electron chi connectivity index (χ0n) is 53.2. The average Bonchev–Trinajstić information content (AvgIpc) is 3.43. The molecule has 466 valence electrons. The summed E-state index contributed by atoms with van der Waals surface area (Å²) >= 11 is 0. The summed E-state index contributed by atoms with van der Waals surface area (Å²) in [6.45, 7) is 4.51. The summed E-state index contributed by atoms with van der Waals surface area (Å²) in [7, 11) is 1.23. The van der Waals surface area contributed by atoms with Crippen LogP contribution in [0.5, 0.6) is 0 Å². The van der Waals surface area contributed by atoms with Crippen molar-refractivity contribution in [3.63, 3.8) is 0 Å². The Hall–Kier alpha value is -3.10. The maximum Gasteiger partial charge on any atom is 0.268 e. The van der Waals surface area contributed by atoms with E-state index >= 15 is 0 Å². The van der Waals surface area contributed by atoms with Gasteiger partial charge in [0.2, 0.25) is 5.91 Å². The van der Waals surface area contributed by atoms with Crippen molar-refractivity contribution in [1.82, 2.24) is 5.32 Å². The number of likely N-dealkylation sites (N-methyl/N-ethyl adjacent to an activating group) is 1. The molecule has 0 heterocycles. The SMILES string of the molecule is CC/C=C\C/C=C\C/C=C\C/C=C\C/C=C\C/C=C\C/C=C\CCCCCCCCCCCCCCCCCCCC(=O)NC(COP(=O)([O-])OCC[N+](C)(C)C)C(O)/C=C/CC/C=C/CC/C=C/CCCCCCCCCCCC. The number of aliphatic hydroxyl groups is 1. The molecule has 0 rings (SSSR count). The number of carbonyl (C=O) groups excluding carboxylic acids is 1. The number of phosphoric acid groups is 1. The molecule has 0 saturated carbocycles. The number of unbranched alkanes of at least 4 members (excludes halogenated alkanes) is 29. The normalized spacial score (nSPS) is 14.5. The number of nitrogens with zero attached hydrogens (tertiary/aromatic N) is 1. The van der Waals surface area contributed by atoms with Crippen LogP contribution >= 0.6 is 7.82 Å². The van der Waals surface area contributed by atoms with Gasteiger partial charge in [0.15, 0.2) is 0 Å². The first-order valence-electron chi connectivity index (χ1n) is 33.4. The van der Waals surface area contributed by atoms with E-state index in [0.29, 0.717) is 17.4 Å². The minimum Gasteiger partial charge on any atom is -0.756 e. The fraction of sp³-hybridized carbons (Fsp3) is 0.708. The third-order valence-corrected chi connectivity index (χ3v) is 15.3. The Kier molecular flexibility index (Phi) is 59.1. The van der Waals surface area contributed by atoms with E-state index in [-0.39, 0.29) is 12.5 Å². The molecule has 9 heteroatoms. The van der Waals surface area contributed by atoms with Crippen molar-refractivity contribution in [3.05, 3.63) is 122 Å². The van der Waals surface area contributed by atoms with Crippen molar-refractivity contribution in [3.8, 4) is 0 Å². The summed E-state index contributed by atoms with van der Waals surface area (Å²) in [6.07, 6.45) is 91.7. The van der Waals surface area contributed by atoms with E-state index in [4.69, 9.17) is 9.05 Å². The molecule has 3 unspecified atom stereocenters. The molecule has 1 amide bonds. The standard InChI is InChI=1S/C72H127N2O6P/c1-6-8-10-12-14-16-18-20-22-24-26-28-29-30-31-32-33-34-35-36-37-38-39-40-41-42-43-44-45-46-48-50-52-54-56-58-60-62-64-66-72(76)73-70(69-80-81(77,78)79-68-67-74(3,4)5)71(75)65-63-61-59-57-55-53-51-49-47-27-25-23-21-19-17-15-13-11-9-7-2/h8,10,14,16,20,22,26,28,30-31,33-34,36-37,47,49,55,57,63,65,70-71,75H,6-7,9,11-13,15,17-19,21,23-25,27,29,32,35,38-46,48,50-54,56,58-62,64,66-69H2,1-5H3,(H-,73,76,77,78)/b10-8-,16-14-,22-20-,28-26-,31-30-,34-33-,37-36-,49-47+,57-55+,65-63+. The smallest absolute Gasteiger partial charge is 0.268 e. The second-order valence-electron chi connectivity index (χ2n) is 23.4. The zero-order valence-corrected chi connectivity index (χ0v) is 54.1. The number of nitrogens with one attached hydrogen (secondary N) is 1. The number of carbonyl (C=O) groups is 1. The van der Waals surface area contributed by atoms with E-state index in [1.165, 1.54) is 167 Å². The van der Waals surface area contributed by atoms with Crippen LogP contribution in [0.3, 0.4) is 0 Å². The van der Waals surface area contributed by atoms with Crippen LogP contribution in [0.1, 0.15) is 277 Å². The highest BCUT2D eigenvalue weighted by Gasteiger charge is 2.23. The van der Waals surface area contributed by atoms with Crippen molar-refractivity contribution < 1.29 is 32.9 Å². The predicted molar refractivity (Wildman–Crippen MR) is 352 cm³/mol. The Morgan fingerprint density at radius 1 is 0.444 bits per heavy atom. The quantitative estimate of drug-likeness (QED) is 0.0272. The molecule has 0 saturated heterocycles. The Labute approximate surface area is 501 Å². The zero-order chi connectivity index (χ0) is 59.1. The van der Waals surface area contributed by atoms with Crippen molar-refractivity contribution >= 4 is 13.7 Å². The van der Waals surface area contributed by atoms with Crippen LogP contribution in [0.4, 0.5) is 0 Å². The van der Waals surface area contributed by atoms with Gasteiger partial charge in [-0.05, 0) is 103 Å². The number of aliphatic hydroxyl groups excluding tert-OH is 1. The molecule has 0 aromatic carbocycles. The minimum atomic E-state index is -4.62. The first-order valence-corrected chi connectivity index (χ1v) is 34.9. The highest BCUT2D eigenvalue weighted by atomic mass is 31.2. The van der Waals surface area contributed by atoms with Crippen molar-refractivity contribution in [2.45, 2.75) is 289 Å². The molecule has 0 aliphatic heterocycles. The van der Waals surface area contributed by atoms with Crippen LogP contribution in [-0.2, 0) is 18.4 Å². The van der Waals surface area contributed by atoms with E-state index in [1.54, 1.807) is 6.08 Å².